The van der Waals surface area contributed by atoms with Gasteiger partial charge in [-0.05, 0) is 90.9 Å². The van der Waals surface area contributed by atoms with Gasteiger partial charge in [0.2, 0.25) is 0 Å². The van der Waals surface area contributed by atoms with E-state index in [1.165, 1.54) is 19.2 Å². The van der Waals surface area contributed by atoms with Gasteiger partial charge in [-0.2, -0.15) is 5.10 Å². The van der Waals surface area contributed by atoms with Gasteiger partial charge in [0.05, 0.1) is 23.4 Å². The minimum atomic E-state index is -4.07. The van der Waals surface area contributed by atoms with E-state index in [2.05, 4.69) is 33.1 Å². The van der Waals surface area contributed by atoms with Crippen LogP contribution in [0.3, 0.4) is 0 Å². The molecule has 3 aromatic carbocycles. The Hall–Kier alpha value is -2.92. The van der Waals surface area contributed by atoms with Gasteiger partial charge in [-0.3, -0.25) is 9.10 Å². The monoisotopic (exact) mass is 591 g/mol. The third-order valence-corrected chi connectivity index (χ3v) is 7.53. The Kier molecular flexibility index (Phi) is 8.32. The molecule has 0 fully saturated rings. The lowest BCUT2D eigenvalue weighted by Gasteiger charge is -2.25. The number of benzene rings is 3. The molecular formula is C25H26IN3O4S. The first kappa shape index (κ1) is 25.7. The van der Waals surface area contributed by atoms with Gasteiger partial charge >= 0.3 is 0 Å². The van der Waals surface area contributed by atoms with Gasteiger partial charge in [-0.1, -0.05) is 35.9 Å². The van der Waals surface area contributed by atoms with Crippen molar-refractivity contribution in [1.29, 1.82) is 0 Å². The van der Waals surface area contributed by atoms with Crippen LogP contribution in [0.25, 0.3) is 0 Å². The summed E-state index contributed by atoms with van der Waals surface area (Å²) < 4.78 is 34.7. The molecule has 3 aromatic rings. The highest BCUT2D eigenvalue weighted by molar-refractivity contribution is 14.1. The second-order valence-corrected chi connectivity index (χ2v) is 10.9. The highest BCUT2D eigenvalue weighted by Crippen LogP contribution is 2.33. The zero-order chi connectivity index (χ0) is 24.9. The molecule has 0 saturated carbocycles. The topological polar surface area (TPSA) is 88.1 Å². The van der Waals surface area contributed by atoms with Crippen LogP contribution in [0, 0.1) is 17.4 Å². The number of hydrogen-bond acceptors (Lipinski definition) is 5. The molecule has 1 amide bonds. The minimum Gasteiger partial charge on any atom is -0.495 e. The van der Waals surface area contributed by atoms with E-state index in [0.29, 0.717) is 11.5 Å². The molecule has 3 rings (SSSR count). The van der Waals surface area contributed by atoms with E-state index in [1.807, 2.05) is 44.2 Å². The number of nitrogens with zero attached hydrogens (tertiary/aromatic N) is 2. The third-order valence-electron chi connectivity index (χ3n) is 5.09. The lowest BCUT2D eigenvalue weighted by molar-refractivity contribution is -0.119. The number of anilines is 1. The van der Waals surface area contributed by atoms with Crippen LogP contribution in [0.1, 0.15) is 23.6 Å². The van der Waals surface area contributed by atoms with Crippen LogP contribution in [0.15, 0.2) is 76.7 Å². The van der Waals surface area contributed by atoms with Crippen molar-refractivity contribution in [3.05, 3.63) is 87.0 Å². The molecule has 0 aromatic heterocycles. The molecule has 1 N–H and O–H groups in total. The molecular weight excluding hydrogens is 565 g/mol. The lowest BCUT2D eigenvalue weighted by atomic mass is 10.1. The maximum Gasteiger partial charge on any atom is 0.264 e. The molecule has 7 nitrogen and oxygen atoms in total. The predicted octanol–water partition coefficient (Wildman–Crippen LogP) is 4.65. The first-order chi connectivity index (χ1) is 16.1. The van der Waals surface area contributed by atoms with Crippen molar-refractivity contribution in [2.24, 2.45) is 5.10 Å². The molecule has 0 aliphatic rings. The number of carbonyl (C=O) groups excluding carboxylic acids is 1. The Morgan fingerprint density at radius 1 is 1.03 bits per heavy atom. The van der Waals surface area contributed by atoms with Crippen LogP contribution in [0.4, 0.5) is 5.69 Å². The average molecular weight is 591 g/mol. The summed E-state index contributed by atoms with van der Waals surface area (Å²) in [4.78, 5) is 13.0. The van der Waals surface area contributed by atoms with Crippen molar-refractivity contribution >= 4 is 49.9 Å². The van der Waals surface area contributed by atoms with E-state index in [0.717, 1.165) is 24.6 Å². The summed E-state index contributed by atoms with van der Waals surface area (Å²) in [6.45, 7) is 5.02. The standard InChI is InChI=1S/C25H26IN3O4S/c1-17-8-11-22(12-9-17)34(31,32)29(23-14-18(2)10-13-24(23)33-4)16-25(30)28-27-19(3)20-6-5-7-21(26)15-20/h5-15H,16H2,1-4H3,(H,28,30)/b27-19-. The predicted molar refractivity (Wildman–Crippen MR) is 143 cm³/mol. The Labute approximate surface area is 214 Å². The highest BCUT2D eigenvalue weighted by atomic mass is 127. The molecule has 0 bridgehead atoms. The van der Waals surface area contributed by atoms with Crippen LogP contribution in [-0.2, 0) is 14.8 Å². The quantitative estimate of drug-likeness (QED) is 0.235. The molecule has 0 aliphatic carbocycles. The Bertz CT molecular complexity index is 1320. The van der Waals surface area contributed by atoms with Crippen molar-refractivity contribution in [1.82, 2.24) is 5.43 Å². The molecule has 0 saturated heterocycles. The fourth-order valence-corrected chi connectivity index (χ4v) is 5.19. The highest BCUT2D eigenvalue weighted by Gasteiger charge is 2.29. The molecule has 34 heavy (non-hydrogen) atoms. The number of hydrogen-bond donors (Lipinski definition) is 1. The molecule has 178 valence electrons. The number of aryl methyl sites for hydroxylation is 2. The number of hydrazone groups is 1. The number of methoxy groups -OCH3 is 1. The van der Waals surface area contributed by atoms with Gasteiger partial charge in [-0.25, -0.2) is 13.8 Å². The number of sulfonamides is 1. The van der Waals surface area contributed by atoms with Crippen LogP contribution in [0.2, 0.25) is 0 Å². The van der Waals surface area contributed by atoms with Gasteiger partial charge in [0.25, 0.3) is 15.9 Å². The maximum absolute atomic E-state index is 13.6. The van der Waals surface area contributed by atoms with Crippen molar-refractivity contribution in [3.8, 4) is 5.75 Å². The minimum absolute atomic E-state index is 0.0769. The first-order valence-corrected chi connectivity index (χ1v) is 13.0. The van der Waals surface area contributed by atoms with Gasteiger partial charge in [-0.15, -0.1) is 0 Å². The SMILES string of the molecule is COc1ccc(C)cc1N(CC(=O)N/N=C(/C)c1cccc(I)c1)S(=O)(=O)c1ccc(C)cc1. The Morgan fingerprint density at radius 3 is 2.35 bits per heavy atom. The number of halogens is 1. The van der Waals surface area contributed by atoms with Crippen LogP contribution >= 0.6 is 22.6 Å². The van der Waals surface area contributed by atoms with E-state index < -0.39 is 22.5 Å². The Morgan fingerprint density at radius 2 is 1.71 bits per heavy atom. The van der Waals surface area contributed by atoms with E-state index in [1.54, 1.807) is 31.2 Å². The largest absolute Gasteiger partial charge is 0.495 e. The van der Waals surface area contributed by atoms with Crippen LogP contribution in [-0.4, -0.2) is 33.7 Å². The van der Waals surface area contributed by atoms with Crippen molar-refractivity contribution in [2.45, 2.75) is 25.7 Å². The molecule has 0 heterocycles. The summed E-state index contributed by atoms with van der Waals surface area (Å²) in [6.07, 6.45) is 0. The van der Waals surface area contributed by atoms with E-state index in [4.69, 9.17) is 4.74 Å². The number of carbonyl (C=O) groups is 1. The summed E-state index contributed by atoms with van der Waals surface area (Å²) in [7, 11) is -2.61. The summed E-state index contributed by atoms with van der Waals surface area (Å²) >= 11 is 2.20. The van der Waals surface area contributed by atoms with Crippen LogP contribution in [0.5, 0.6) is 5.75 Å². The van der Waals surface area contributed by atoms with E-state index in [-0.39, 0.29) is 10.6 Å². The number of rotatable bonds is 8. The fourth-order valence-electron chi connectivity index (χ4n) is 3.22. The summed E-state index contributed by atoms with van der Waals surface area (Å²) in [6, 6.07) is 19.3. The summed E-state index contributed by atoms with van der Waals surface area (Å²) in [5.74, 6) is -0.239. The molecule has 9 heteroatoms. The van der Waals surface area contributed by atoms with Gasteiger partial charge in [0.1, 0.15) is 12.3 Å². The summed E-state index contributed by atoms with van der Waals surface area (Å²) in [5, 5.41) is 4.17. The normalized spacial score (nSPS) is 11.7. The number of ether oxygens (including phenoxy) is 1. The molecule has 0 aliphatic heterocycles. The third kappa shape index (κ3) is 6.15. The number of nitrogens with one attached hydrogen (secondary N) is 1. The van der Waals surface area contributed by atoms with Crippen LogP contribution < -0.4 is 14.5 Å². The molecule has 0 atom stereocenters. The smallest absolute Gasteiger partial charge is 0.264 e. The van der Waals surface area contributed by atoms with Crippen molar-refractivity contribution < 1.29 is 17.9 Å². The number of amides is 1. The van der Waals surface area contributed by atoms with Crippen molar-refractivity contribution in [3.63, 3.8) is 0 Å². The molecule has 0 radical (unpaired) electrons. The lowest BCUT2D eigenvalue weighted by Crippen LogP contribution is -2.40. The fraction of sp³-hybridized carbons (Fsp3) is 0.200. The van der Waals surface area contributed by atoms with E-state index >= 15 is 0 Å². The van der Waals surface area contributed by atoms with E-state index in [9.17, 15) is 13.2 Å². The maximum atomic E-state index is 13.6. The van der Waals surface area contributed by atoms with Gasteiger partial charge in [0, 0.05) is 3.57 Å². The average Bonchev–Trinajstić information content (AvgIpc) is 2.81. The zero-order valence-corrected chi connectivity index (χ0v) is 22.3. The van der Waals surface area contributed by atoms with Gasteiger partial charge in [0.15, 0.2) is 0 Å². The Balaban J connectivity index is 1.96. The second-order valence-electron chi connectivity index (χ2n) is 7.74. The van der Waals surface area contributed by atoms with Crippen molar-refractivity contribution in [2.75, 3.05) is 18.0 Å². The molecule has 0 unspecified atom stereocenters. The van der Waals surface area contributed by atoms with Gasteiger partial charge < -0.3 is 4.74 Å². The zero-order valence-electron chi connectivity index (χ0n) is 19.4. The first-order valence-electron chi connectivity index (χ1n) is 10.4. The molecule has 0 spiro atoms. The second kappa shape index (κ2) is 11.0. The summed E-state index contributed by atoms with van der Waals surface area (Å²) in [5.41, 5.74) is 5.98.